The van der Waals surface area contributed by atoms with Gasteiger partial charge in [-0.15, -0.1) is 11.6 Å². The molecule has 0 aromatic carbocycles. The number of cyclic esters (lactones) is 1. The van der Waals surface area contributed by atoms with Gasteiger partial charge in [0.25, 0.3) is 0 Å². The van der Waals surface area contributed by atoms with E-state index in [2.05, 4.69) is 6.58 Å². The molecule has 1 aliphatic rings. The van der Waals surface area contributed by atoms with Crippen LogP contribution in [0.15, 0.2) is 12.7 Å². The molecular weight excluding hydrogens is 164 g/mol. The SMILES string of the molecule is C=CC1(C)CC(C)(Cl)C(=O)O1. The van der Waals surface area contributed by atoms with Crippen LogP contribution in [0.4, 0.5) is 0 Å². The summed E-state index contributed by atoms with van der Waals surface area (Å²) in [5.74, 6) is -0.360. The van der Waals surface area contributed by atoms with E-state index in [-0.39, 0.29) is 5.97 Å². The summed E-state index contributed by atoms with van der Waals surface area (Å²) in [5, 5.41) is 0. The zero-order valence-corrected chi connectivity index (χ0v) is 7.44. The molecule has 1 rings (SSSR count). The summed E-state index contributed by atoms with van der Waals surface area (Å²) < 4.78 is 5.02. The molecule has 1 fully saturated rings. The van der Waals surface area contributed by atoms with Crippen LogP contribution in [0.2, 0.25) is 0 Å². The van der Waals surface area contributed by atoms with Gasteiger partial charge in [-0.1, -0.05) is 6.58 Å². The van der Waals surface area contributed by atoms with Crippen LogP contribution in [0, 0.1) is 0 Å². The first-order valence-corrected chi connectivity index (χ1v) is 3.83. The third kappa shape index (κ3) is 1.41. The fourth-order valence-corrected chi connectivity index (χ4v) is 1.50. The first-order chi connectivity index (χ1) is 4.90. The maximum absolute atomic E-state index is 11.1. The van der Waals surface area contributed by atoms with Crippen LogP contribution in [0.1, 0.15) is 20.3 Å². The van der Waals surface area contributed by atoms with Crippen molar-refractivity contribution in [2.24, 2.45) is 0 Å². The van der Waals surface area contributed by atoms with E-state index >= 15 is 0 Å². The molecule has 0 aliphatic carbocycles. The van der Waals surface area contributed by atoms with E-state index < -0.39 is 10.5 Å². The summed E-state index contributed by atoms with van der Waals surface area (Å²) in [6, 6.07) is 0. The summed E-state index contributed by atoms with van der Waals surface area (Å²) in [5.41, 5.74) is -0.576. The summed E-state index contributed by atoms with van der Waals surface area (Å²) in [6.07, 6.45) is 2.10. The summed E-state index contributed by atoms with van der Waals surface area (Å²) in [7, 11) is 0. The molecule has 0 radical (unpaired) electrons. The maximum atomic E-state index is 11.1. The Bertz CT molecular complexity index is 210. The molecule has 1 aliphatic heterocycles. The number of rotatable bonds is 1. The van der Waals surface area contributed by atoms with Gasteiger partial charge in [-0.05, 0) is 19.9 Å². The Labute approximate surface area is 71.2 Å². The fraction of sp³-hybridized carbons (Fsp3) is 0.625. The number of hydrogen-bond acceptors (Lipinski definition) is 2. The largest absolute Gasteiger partial charge is 0.454 e. The van der Waals surface area contributed by atoms with Crippen molar-refractivity contribution in [2.45, 2.75) is 30.7 Å². The van der Waals surface area contributed by atoms with Gasteiger partial charge in [-0.25, -0.2) is 0 Å². The molecule has 0 bridgehead atoms. The third-order valence-corrected chi connectivity index (χ3v) is 2.15. The molecule has 0 aromatic rings. The second kappa shape index (κ2) is 2.24. The molecule has 2 nitrogen and oxygen atoms in total. The molecule has 2 atom stereocenters. The molecule has 2 unspecified atom stereocenters. The number of ether oxygens (including phenoxy) is 1. The number of carbonyl (C=O) groups is 1. The number of esters is 1. The molecule has 62 valence electrons. The van der Waals surface area contributed by atoms with Crippen LogP contribution in [0.25, 0.3) is 0 Å². The summed E-state index contributed by atoms with van der Waals surface area (Å²) in [6.45, 7) is 7.03. The number of alkyl halides is 1. The Morgan fingerprint density at radius 2 is 2.27 bits per heavy atom. The highest BCUT2D eigenvalue weighted by atomic mass is 35.5. The van der Waals surface area contributed by atoms with Gasteiger partial charge in [-0.3, -0.25) is 4.79 Å². The first-order valence-electron chi connectivity index (χ1n) is 3.46. The molecule has 0 spiro atoms. The Balaban J connectivity index is 2.87. The Morgan fingerprint density at radius 1 is 1.73 bits per heavy atom. The zero-order valence-electron chi connectivity index (χ0n) is 6.69. The number of carbonyl (C=O) groups excluding carboxylic acids is 1. The van der Waals surface area contributed by atoms with Crippen LogP contribution >= 0.6 is 11.6 Å². The Kier molecular flexibility index (Phi) is 1.75. The molecular formula is C8H11ClO2. The van der Waals surface area contributed by atoms with Crippen molar-refractivity contribution in [3.8, 4) is 0 Å². The monoisotopic (exact) mass is 174 g/mol. The molecule has 0 aromatic heterocycles. The number of halogens is 1. The smallest absolute Gasteiger partial charge is 0.327 e. The number of hydrogen-bond donors (Lipinski definition) is 0. The predicted molar refractivity (Wildman–Crippen MR) is 43.6 cm³/mol. The molecule has 1 heterocycles. The van der Waals surface area contributed by atoms with Crippen LogP contribution in [0.3, 0.4) is 0 Å². The van der Waals surface area contributed by atoms with E-state index in [4.69, 9.17) is 16.3 Å². The highest BCUT2D eigenvalue weighted by Crippen LogP contribution is 2.38. The van der Waals surface area contributed by atoms with Crippen molar-refractivity contribution in [3.63, 3.8) is 0 Å². The minimum atomic E-state index is -0.872. The van der Waals surface area contributed by atoms with Crippen LogP contribution in [0.5, 0.6) is 0 Å². The van der Waals surface area contributed by atoms with E-state index in [0.29, 0.717) is 6.42 Å². The average Bonchev–Trinajstić information content (AvgIpc) is 2.04. The van der Waals surface area contributed by atoms with Crippen LogP contribution < -0.4 is 0 Å². The molecule has 11 heavy (non-hydrogen) atoms. The lowest BCUT2D eigenvalue weighted by Crippen LogP contribution is -2.22. The lowest BCUT2D eigenvalue weighted by Gasteiger charge is -2.16. The van der Waals surface area contributed by atoms with Crippen LogP contribution in [-0.2, 0) is 9.53 Å². The van der Waals surface area contributed by atoms with E-state index in [1.807, 2.05) is 0 Å². The highest BCUT2D eigenvalue weighted by Gasteiger charge is 2.49. The van der Waals surface area contributed by atoms with Crippen LogP contribution in [-0.4, -0.2) is 16.4 Å². The van der Waals surface area contributed by atoms with Gasteiger partial charge >= 0.3 is 5.97 Å². The third-order valence-electron chi connectivity index (χ3n) is 1.87. The quantitative estimate of drug-likeness (QED) is 0.345. The molecule has 1 saturated heterocycles. The predicted octanol–water partition coefficient (Wildman–Crippen LogP) is 1.88. The molecule has 0 N–H and O–H groups in total. The van der Waals surface area contributed by atoms with Gasteiger partial charge in [0.1, 0.15) is 10.5 Å². The standard InChI is InChI=1S/C8H11ClO2/c1-4-7(2)5-8(3,9)6(10)11-7/h4H,1,5H2,2-3H3. The molecule has 0 amide bonds. The van der Waals surface area contributed by atoms with E-state index in [0.717, 1.165) is 0 Å². The second-order valence-electron chi connectivity index (χ2n) is 3.28. The van der Waals surface area contributed by atoms with Gasteiger partial charge < -0.3 is 4.74 Å². The van der Waals surface area contributed by atoms with Crippen molar-refractivity contribution in [2.75, 3.05) is 0 Å². The molecule has 0 saturated carbocycles. The topological polar surface area (TPSA) is 26.3 Å². The van der Waals surface area contributed by atoms with E-state index in [1.165, 1.54) is 0 Å². The summed E-state index contributed by atoms with van der Waals surface area (Å²) in [4.78, 5) is 10.2. The lowest BCUT2D eigenvalue weighted by molar-refractivity contribution is -0.145. The molecule has 3 heteroatoms. The van der Waals surface area contributed by atoms with Gasteiger partial charge in [0.05, 0.1) is 0 Å². The van der Waals surface area contributed by atoms with Crippen molar-refractivity contribution in [1.29, 1.82) is 0 Å². The van der Waals surface area contributed by atoms with E-state index in [9.17, 15) is 4.79 Å². The van der Waals surface area contributed by atoms with Crippen molar-refractivity contribution in [3.05, 3.63) is 12.7 Å². The first kappa shape index (κ1) is 8.60. The van der Waals surface area contributed by atoms with Crippen molar-refractivity contribution >= 4 is 17.6 Å². The minimum absolute atomic E-state index is 0.360. The second-order valence-corrected chi connectivity index (χ2v) is 4.11. The van der Waals surface area contributed by atoms with E-state index in [1.54, 1.807) is 19.9 Å². The van der Waals surface area contributed by atoms with Crippen molar-refractivity contribution < 1.29 is 9.53 Å². The fourth-order valence-electron chi connectivity index (χ4n) is 1.20. The Morgan fingerprint density at radius 3 is 2.45 bits per heavy atom. The maximum Gasteiger partial charge on any atom is 0.327 e. The lowest BCUT2D eigenvalue weighted by atomic mass is 9.97. The minimum Gasteiger partial charge on any atom is -0.454 e. The zero-order chi connectivity index (χ0) is 8.70. The average molecular weight is 175 g/mol. The summed E-state index contributed by atoms with van der Waals surface area (Å²) >= 11 is 5.86. The van der Waals surface area contributed by atoms with Gasteiger partial charge in [0.15, 0.2) is 0 Å². The van der Waals surface area contributed by atoms with Gasteiger partial charge in [0.2, 0.25) is 0 Å². The normalized spacial score (nSPS) is 43.7. The highest BCUT2D eigenvalue weighted by molar-refractivity contribution is 6.34. The van der Waals surface area contributed by atoms with Gasteiger partial charge in [-0.2, -0.15) is 0 Å². The van der Waals surface area contributed by atoms with Gasteiger partial charge in [0, 0.05) is 6.42 Å². The van der Waals surface area contributed by atoms with Crippen molar-refractivity contribution in [1.82, 2.24) is 0 Å². The Hall–Kier alpha value is -0.500.